The third kappa shape index (κ3) is 4.64. The van der Waals surface area contributed by atoms with Crippen molar-refractivity contribution in [3.63, 3.8) is 0 Å². The van der Waals surface area contributed by atoms with Crippen LogP contribution in [0.15, 0.2) is 30.6 Å². The fourth-order valence-corrected chi connectivity index (χ4v) is 3.66. The number of carbonyl (C=O) groups excluding carboxylic acids is 2. The Morgan fingerprint density at radius 1 is 1.24 bits per heavy atom. The highest BCUT2D eigenvalue weighted by Crippen LogP contribution is 2.33. The molecule has 2 aromatic heterocycles. The molecule has 1 saturated heterocycles. The second-order valence-electron chi connectivity index (χ2n) is 7.46. The number of hydrogen-bond acceptors (Lipinski definition) is 6. The van der Waals surface area contributed by atoms with Crippen LogP contribution in [0.5, 0.6) is 0 Å². The molecule has 4 N–H and O–H groups in total. The van der Waals surface area contributed by atoms with E-state index in [0.29, 0.717) is 30.4 Å². The fourth-order valence-electron chi connectivity index (χ4n) is 3.66. The molecule has 3 heterocycles. The maximum Gasteiger partial charge on any atom is 0.313 e. The van der Waals surface area contributed by atoms with E-state index in [-0.39, 0.29) is 6.04 Å². The van der Waals surface area contributed by atoms with Crippen molar-refractivity contribution < 1.29 is 9.59 Å². The number of aryl methyl sites for hydroxylation is 1. The number of nitrogens with zero attached hydrogens (tertiary/aromatic N) is 3. The number of pyridine rings is 2. The van der Waals surface area contributed by atoms with E-state index in [1.807, 2.05) is 19.1 Å². The van der Waals surface area contributed by atoms with Crippen LogP contribution in [0, 0.1) is 5.92 Å². The second-order valence-corrected chi connectivity index (χ2v) is 7.46. The molecule has 0 unspecified atom stereocenters. The molecule has 0 radical (unpaired) electrons. The predicted molar refractivity (Wildman–Crippen MR) is 113 cm³/mol. The molecule has 8 nitrogen and oxygen atoms in total. The molecule has 3 rings (SSSR count). The van der Waals surface area contributed by atoms with Gasteiger partial charge >= 0.3 is 11.8 Å². The number of amides is 2. The van der Waals surface area contributed by atoms with E-state index in [1.165, 1.54) is 6.20 Å². The minimum atomic E-state index is -0.669. The van der Waals surface area contributed by atoms with E-state index in [1.54, 1.807) is 24.2 Å². The van der Waals surface area contributed by atoms with Gasteiger partial charge in [-0.1, -0.05) is 19.9 Å². The summed E-state index contributed by atoms with van der Waals surface area (Å²) < 4.78 is 0. The molecule has 1 aliphatic heterocycles. The Kier molecular flexibility index (Phi) is 6.31. The highest BCUT2D eigenvalue weighted by Gasteiger charge is 2.34. The van der Waals surface area contributed by atoms with Crippen molar-refractivity contribution >= 4 is 29.1 Å². The molecule has 8 heteroatoms. The zero-order chi connectivity index (χ0) is 21.0. The van der Waals surface area contributed by atoms with Gasteiger partial charge in [0.1, 0.15) is 11.6 Å². The lowest BCUT2D eigenvalue weighted by molar-refractivity contribution is -0.146. The summed E-state index contributed by atoms with van der Waals surface area (Å²) in [5, 5.41) is 5.66. The Hall–Kier alpha value is -3.16. The summed E-state index contributed by atoms with van der Waals surface area (Å²) in [6, 6.07) is 5.42. The van der Waals surface area contributed by atoms with E-state index in [9.17, 15) is 9.59 Å². The molecule has 0 saturated carbocycles. The van der Waals surface area contributed by atoms with Crippen LogP contribution in [0.3, 0.4) is 0 Å². The van der Waals surface area contributed by atoms with Crippen LogP contribution in [0.25, 0.3) is 0 Å². The number of likely N-dealkylation sites (tertiary alicyclic amines) is 1. The molecule has 154 valence electrons. The molecule has 2 aromatic rings. The van der Waals surface area contributed by atoms with Crippen LogP contribution < -0.4 is 16.4 Å². The molecule has 0 aliphatic carbocycles. The van der Waals surface area contributed by atoms with E-state index in [0.717, 1.165) is 29.8 Å². The predicted octanol–water partition coefficient (Wildman–Crippen LogP) is 2.60. The molecule has 0 aromatic carbocycles. The maximum atomic E-state index is 13.0. The minimum Gasteiger partial charge on any atom is -0.383 e. The van der Waals surface area contributed by atoms with Crippen molar-refractivity contribution in [1.82, 2.24) is 14.9 Å². The Labute approximate surface area is 170 Å². The van der Waals surface area contributed by atoms with Crippen molar-refractivity contribution in [1.29, 1.82) is 0 Å². The Balaban J connectivity index is 1.78. The van der Waals surface area contributed by atoms with Crippen LogP contribution in [-0.2, 0) is 16.0 Å². The molecule has 1 fully saturated rings. The molecule has 0 bridgehead atoms. The Morgan fingerprint density at radius 2 is 2.03 bits per heavy atom. The summed E-state index contributed by atoms with van der Waals surface area (Å²) >= 11 is 0. The van der Waals surface area contributed by atoms with Gasteiger partial charge in [-0.15, -0.1) is 0 Å². The summed E-state index contributed by atoms with van der Waals surface area (Å²) in [4.78, 5) is 35.8. The van der Waals surface area contributed by atoms with Gasteiger partial charge in [0.2, 0.25) is 0 Å². The van der Waals surface area contributed by atoms with E-state index >= 15 is 0 Å². The molecule has 0 spiro atoms. The van der Waals surface area contributed by atoms with Crippen molar-refractivity contribution in [2.75, 3.05) is 30.0 Å². The smallest absolute Gasteiger partial charge is 0.313 e. The van der Waals surface area contributed by atoms with Gasteiger partial charge in [0.25, 0.3) is 0 Å². The summed E-state index contributed by atoms with van der Waals surface area (Å²) in [5.74, 6) is 0.305. The summed E-state index contributed by atoms with van der Waals surface area (Å²) in [5.41, 5.74) is 8.04. The first-order valence-electron chi connectivity index (χ1n) is 9.93. The highest BCUT2D eigenvalue weighted by molar-refractivity contribution is 6.39. The number of nitrogens with one attached hydrogen (secondary N) is 2. The first kappa shape index (κ1) is 20.6. The third-order valence-corrected chi connectivity index (χ3v) is 5.34. The summed E-state index contributed by atoms with van der Waals surface area (Å²) in [6.45, 7) is 4.58. The van der Waals surface area contributed by atoms with Crippen LogP contribution in [0.2, 0.25) is 0 Å². The fraction of sp³-hybridized carbons (Fsp3) is 0.429. The average molecular weight is 396 g/mol. The number of aromatic nitrogens is 2. The van der Waals surface area contributed by atoms with E-state index < -0.39 is 11.8 Å². The maximum absolute atomic E-state index is 13.0. The summed E-state index contributed by atoms with van der Waals surface area (Å²) in [6.07, 6.45) is 5.71. The zero-order valence-electron chi connectivity index (χ0n) is 17.1. The van der Waals surface area contributed by atoms with E-state index in [2.05, 4.69) is 27.5 Å². The van der Waals surface area contributed by atoms with Gasteiger partial charge in [0.15, 0.2) is 0 Å². The first-order chi connectivity index (χ1) is 13.9. The molecular weight excluding hydrogens is 368 g/mol. The first-order valence-corrected chi connectivity index (χ1v) is 9.93. The van der Waals surface area contributed by atoms with Crippen LogP contribution >= 0.6 is 0 Å². The van der Waals surface area contributed by atoms with E-state index in [4.69, 9.17) is 5.73 Å². The number of piperidine rings is 1. The number of anilines is 3. The Bertz CT molecular complexity index is 883. The van der Waals surface area contributed by atoms with Crippen LogP contribution in [0.1, 0.15) is 43.9 Å². The number of hydrogen-bond donors (Lipinski definition) is 3. The van der Waals surface area contributed by atoms with Crippen molar-refractivity contribution in [3.05, 3.63) is 41.7 Å². The van der Waals surface area contributed by atoms with Gasteiger partial charge in [0, 0.05) is 19.8 Å². The van der Waals surface area contributed by atoms with Gasteiger partial charge < -0.3 is 21.3 Å². The zero-order valence-corrected chi connectivity index (χ0v) is 17.1. The molecular formula is C21H28N6O2. The number of nitrogen functional groups attached to an aromatic ring is 1. The lowest BCUT2D eigenvalue weighted by Crippen LogP contribution is -2.46. The van der Waals surface area contributed by atoms with Gasteiger partial charge in [0.05, 0.1) is 17.9 Å². The lowest BCUT2D eigenvalue weighted by Gasteiger charge is -2.38. The van der Waals surface area contributed by atoms with Gasteiger partial charge in [-0.3, -0.25) is 9.59 Å². The quantitative estimate of drug-likeness (QED) is 0.685. The highest BCUT2D eigenvalue weighted by atomic mass is 16.2. The normalized spacial score (nSPS) is 18.9. The standard InChI is InChI=1S/C21H28N6O2/c1-4-14-9-16(11-25-19(14)22)26-20(28)21(29)27-12-13(2)5-7-17(27)15-6-8-18(23-3)24-10-15/h6,8-11,13,17H,4-5,7,12H2,1-3H3,(H2,22,25)(H,23,24)(H,26,28)/t13-,17+/m1/s1. The second kappa shape index (κ2) is 8.89. The van der Waals surface area contributed by atoms with Crippen molar-refractivity contribution in [2.45, 2.75) is 39.2 Å². The van der Waals surface area contributed by atoms with Crippen LogP contribution in [-0.4, -0.2) is 40.3 Å². The van der Waals surface area contributed by atoms with Gasteiger partial charge in [-0.05, 0) is 48.4 Å². The Morgan fingerprint density at radius 3 is 2.69 bits per heavy atom. The lowest BCUT2D eigenvalue weighted by atomic mass is 9.90. The average Bonchev–Trinajstić information content (AvgIpc) is 2.74. The molecule has 2 atom stereocenters. The largest absolute Gasteiger partial charge is 0.383 e. The SMILES string of the molecule is CCc1cc(NC(=O)C(=O)N2C[C@H](C)CC[C@H]2c2ccc(NC)nc2)cnc1N. The molecule has 2 amide bonds. The number of nitrogens with two attached hydrogens (primary N) is 1. The number of rotatable bonds is 4. The molecule has 29 heavy (non-hydrogen) atoms. The topological polar surface area (TPSA) is 113 Å². The van der Waals surface area contributed by atoms with Crippen molar-refractivity contribution in [3.8, 4) is 0 Å². The minimum absolute atomic E-state index is 0.168. The van der Waals surface area contributed by atoms with Gasteiger partial charge in [-0.2, -0.15) is 0 Å². The van der Waals surface area contributed by atoms with Crippen LogP contribution in [0.4, 0.5) is 17.3 Å². The number of carbonyl (C=O) groups is 2. The molecule has 1 aliphatic rings. The van der Waals surface area contributed by atoms with Gasteiger partial charge in [-0.25, -0.2) is 9.97 Å². The third-order valence-electron chi connectivity index (χ3n) is 5.34. The van der Waals surface area contributed by atoms with Crippen molar-refractivity contribution in [2.24, 2.45) is 5.92 Å². The summed E-state index contributed by atoms with van der Waals surface area (Å²) in [7, 11) is 1.81. The monoisotopic (exact) mass is 396 g/mol.